The lowest BCUT2D eigenvalue weighted by atomic mass is 9.85. The van der Waals surface area contributed by atoms with Crippen LogP contribution < -0.4 is 10.6 Å². The highest BCUT2D eigenvalue weighted by molar-refractivity contribution is 5.94. The summed E-state index contributed by atoms with van der Waals surface area (Å²) in [7, 11) is 0. The van der Waals surface area contributed by atoms with Crippen LogP contribution in [0, 0.1) is 16.7 Å². The van der Waals surface area contributed by atoms with Crippen LogP contribution in [0.2, 0.25) is 0 Å². The Morgan fingerprint density at radius 2 is 1.80 bits per heavy atom. The van der Waals surface area contributed by atoms with Gasteiger partial charge in [-0.1, -0.05) is 27.7 Å². The fourth-order valence-electron chi connectivity index (χ4n) is 2.26. The van der Waals surface area contributed by atoms with Crippen molar-refractivity contribution in [2.45, 2.75) is 47.0 Å². The molecular formula is C14H24N2O4. The molecule has 0 aromatic heterocycles. The number of carbonyl (C=O) groups excluding carboxylic acids is 2. The second-order valence-corrected chi connectivity index (χ2v) is 7.06. The molecule has 1 aliphatic rings. The number of amides is 3. The number of imide groups is 1. The first-order chi connectivity index (χ1) is 9.02. The monoisotopic (exact) mass is 284 g/mol. The van der Waals surface area contributed by atoms with Gasteiger partial charge in [-0.15, -0.1) is 0 Å². The van der Waals surface area contributed by atoms with Gasteiger partial charge >= 0.3 is 12.0 Å². The number of carboxylic acid groups (broad SMARTS) is 1. The Kier molecular flexibility index (Phi) is 4.78. The van der Waals surface area contributed by atoms with Crippen LogP contribution in [0.1, 0.15) is 47.0 Å². The summed E-state index contributed by atoms with van der Waals surface area (Å²) in [6, 6.07) is -0.510. The molecule has 6 nitrogen and oxygen atoms in total. The van der Waals surface area contributed by atoms with E-state index in [9.17, 15) is 14.4 Å². The lowest BCUT2D eigenvalue weighted by Gasteiger charge is -2.21. The van der Waals surface area contributed by atoms with Crippen molar-refractivity contribution in [1.82, 2.24) is 10.6 Å². The summed E-state index contributed by atoms with van der Waals surface area (Å²) in [6.07, 6.45) is 0.965. The number of rotatable bonds is 6. The normalized spacial score (nSPS) is 20.1. The van der Waals surface area contributed by atoms with E-state index in [1.54, 1.807) is 13.8 Å². The molecule has 0 radical (unpaired) electrons. The van der Waals surface area contributed by atoms with Crippen LogP contribution in [0.4, 0.5) is 4.79 Å². The number of urea groups is 1. The Morgan fingerprint density at radius 3 is 2.25 bits per heavy atom. The molecule has 1 saturated carbocycles. The SMILES string of the molecule is CC(C)(CC(=O)O)CC(=O)NC(=O)NCC1CC1(C)C. The van der Waals surface area contributed by atoms with Gasteiger partial charge in [0.25, 0.3) is 0 Å². The Labute approximate surface area is 119 Å². The minimum Gasteiger partial charge on any atom is -0.481 e. The predicted octanol–water partition coefficient (Wildman–Crippen LogP) is 1.75. The van der Waals surface area contributed by atoms with E-state index in [0.717, 1.165) is 6.42 Å². The number of carboxylic acids is 1. The molecule has 0 aromatic rings. The van der Waals surface area contributed by atoms with Crippen LogP contribution >= 0.6 is 0 Å². The average Bonchev–Trinajstić information content (AvgIpc) is 2.80. The van der Waals surface area contributed by atoms with Gasteiger partial charge in [-0.2, -0.15) is 0 Å². The van der Waals surface area contributed by atoms with Gasteiger partial charge in [0.05, 0.1) is 6.42 Å². The number of hydrogen-bond donors (Lipinski definition) is 3. The molecule has 3 amide bonds. The summed E-state index contributed by atoms with van der Waals surface area (Å²) in [6.45, 7) is 8.20. The first-order valence-electron chi connectivity index (χ1n) is 6.81. The van der Waals surface area contributed by atoms with Gasteiger partial charge in [-0.05, 0) is 23.2 Å². The summed E-state index contributed by atoms with van der Waals surface area (Å²) in [5, 5.41) is 13.6. The summed E-state index contributed by atoms with van der Waals surface area (Å²) in [4.78, 5) is 33.9. The smallest absolute Gasteiger partial charge is 0.321 e. The molecule has 0 saturated heterocycles. The minimum atomic E-state index is -0.955. The highest BCUT2D eigenvalue weighted by atomic mass is 16.4. The number of nitrogens with one attached hydrogen (secondary N) is 2. The highest BCUT2D eigenvalue weighted by Gasteiger charge is 2.45. The topological polar surface area (TPSA) is 95.5 Å². The standard InChI is InChI=1S/C14H24N2O4/c1-13(2,7-11(18)19)6-10(17)16-12(20)15-8-9-5-14(9,3)4/h9H,5-8H2,1-4H3,(H,18,19)(H2,15,16,17,20). The van der Waals surface area contributed by atoms with Gasteiger partial charge in [-0.25, -0.2) is 4.79 Å². The van der Waals surface area contributed by atoms with Crippen molar-refractivity contribution in [2.24, 2.45) is 16.7 Å². The molecule has 6 heteroatoms. The summed E-state index contributed by atoms with van der Waals surface area (Å²) in [5.74, 6) is -0.946. The van der Waals surface area contributed by atoms with Crippen molar-refractivity contribution in [3.8, 4) is 0 Å². The molecule has 114 valence electrons. The minimum absolute atomic E-state index is 0.00163. The molecule has 1 rings (SSSR count). The zero-order valence-electron chi connectivity index (χ0n) is 12.6. The molecule has 3 N–H and O–H groups in total. The van der Waals surface area contributed by atoms with E-state index >= 15 is 0 Å². The van der Waals surface area contributed by atoms with E-state index in [0.29, 0.717) is 12.5 Å². The Hall–Kier alpha value is -1.59. The number of aliphatic carboxylic acids is 1. The van der Waals surface area contributed by atoms with Crippen molar-refractivity contribution in [1.29, 1.82) is 0 Å². The maximum Gasteiger partial charge on any atom is 0.321 e. The lowest BCUT2D eigenvalue weighted by molar-refractivity contribution is -0.139. The zero-order valence-corrected chi connectivity index (χ0v) is 12.6. The fourth-order valence-corrected chi connectivity index (χ4v) is 2.26. The van der Waals surface area contributed by atoms with Crippen LogP contribution in [0.5, 0.6) is 0 Å². The van der Waals surface area contributed by atoms with Gasteiger partial charge in [0, 0.05) is 13.0 Å². The molecule has 1 aliphatic carbocycles. The maximum absolute atomic E-state index is 11.7. The molecule has 1 atom stereocenters. The molecule has 1 fully saturated rings. The summed E-state index contributed by atoms with van der Waals surface area (Å²) < 4.78 is 0. The quantitative estimate of drug-likeness (QED) is 0.692. The Bertz CT molecular complexity index is 415. The van der Waals surface area contributed by atoms with Crippen molar-refractivity contribution in [3.05, 3.63) is 0 Å². The van der Waals surface area contributed by atoms with Gasteiger partial charge in [0.15, 0.2) is 0 Å². The second kappa shape index (κ2) is 5.81. The molecule has 0 bridgehead atoms. The van der Waals surface area contributed by atoms with E-state index in [1.807, 2.05) is 0 Å². The Balaban J connectivity index is 2.27. The first kappa shape index (κ1) is 16.5. The third-order valence-corrected chi connectivity index (χ3v) is 3.75. The molecule has 20 heavy (non-hydrogen) atoms. The van der Waals surface area contributed by atoms with Crippen LogP contribution in [-0.2, 0) is 9.59 Å². The highest BCUT2D eigenvalue weighted by Crippen LogP contribution is 2.50. The summed E-state index contributed by atoms with van der Waals surface area (Å²) in [5.41, 5.74) is -0.393. The van der Waals surface area contributed by atoms with E-state index < -0.39 is 23.3 Å². The van der Waals surface area contributed by atoms with Crippen molar-refractivity contribution >= 4 is 17.9 Å². The van der Waals surface area contributed by atoms with Crippen LogP contribution in [0.15, 0.2) is 0 Å². The Morgan fingerprint density at radius 1 is 1.25 bits per heavy atom. The largest absolute Gasteiger partial charge is 0.481 e. The van der Waals surface area contributed by atoms with Crippen LogP contribution in [0.25, 0.3) is 0 Å². The maximum atomic E-state index is 11.7. The van der Waals surface area contributed by atoms with Gasteiger partial charge < -0.3 is 10.4 Å². The van der Waals surface area contributed by atoms with Crippen molar-refractivity contribution in [3.63, 3.8) is 0 Å². The van der Waals surface area contributed by atoms with Gasteiger partial charge in [0.1, 0.15) is 0 Å². The third kappa shape index (κ3) is 5.59. The average molecular weight is 284 g/mol. The van der Waals surface area contributed by atoms with Crippen LogP contribution in [-0.4, -0.2) is 29.6 Å². The molecule has 0 aliphatic heterocycles. The molecular weight excluding hydrogens is 260 g/mol. The molecule has 0 heterocycles. The zero-order chi connectivity index (χ0) is 15.6. The molecule has 1 unspecified atom stereocenters. The number of hydrogen-bond acceptors (Lipinski definition) is 3. The van der Waals surface area contributed by atoms with Gasteiger partial charge in [-0.3, -0.25) is 14.9 Å². The van der Waals surface area contributed by atoms with E-state index in [1.165, 1.54) is 0 Å². The van der Waals surface area contributed by atoms with Crippen molar-refractivity contribution in [2.75, 3.05) is 6.54 Å². The van der Waals surface area contributed by atoms with Gasteiger partial charge in [0.2, 0.25) is 5.91 Å². The van der Waals surface area contributed by atoms with E-state index in [4.69, 9.17) is 5.11 Å². The van der Waals surface area contributed by atoms with Crippen LogP contribution in [0.3, 0.4) is 0 Å². The van der Waals surface area contributed by atoms with E-state index in [2.05, 4.69) is 24.5 Å². The summed E-state index contributed by atoms with van der Waals surface area (Å²) >= 11 is 0. The predicted molar refractivity (Wildman–Crippen MR) is 74.1 cm³/mol. The van der Waals surface area contributed by atoms with Crippen molar-refractivity contribution < 1.29 is 19.5 Å². The second-order valence-electron chi connectivity index (χ2n) is 7.06. The lowest BCUT2D eigenvalue weighted by Crippen LogP contribution is -2.42. The molecule has 0 spiro atoms. The fraction of sp³-hybridized carbons (Fsp3) is 0.786. The van der Waals surface area contributed by atoms with E-state index in [-0.39, 0.29) is 18.3 Å². The number of carbonyl (C=O) groups is 3. The molecule has 0 aromatic carbocycles. The first-order valence-corrected chi connectivity index (χ1v) is 6.81. The third-order valence-electron chi connectivity index (χ3n) is 3.75.